The molecule has 0 unspecified atom stereocenters. The minimum atomic E-state index is -4.02. The Balaban J connectivity index is 3.11. The molecule has 0 saturated carbocycles. The molecule has 20 heavy (non-hydrogen) atoms. The predicted molar refractivity (Wildman–Crippen MR) is 67.2 cm³/mol. The van der Waals surface area contributed by atoms with Crippen LogP contribution >= 0.6 is 0 Å². The van der Waals surface area contributed by atoms with Crippen LogP contribution in [-0.4, -0.2) is 46.2 Å². The number of carbonyl (C=O) groups excluding carboxylic acids is 1. The van der Waals surface area contributed by atoms with Gasteiger partial charge in [0.2, 0.25) is 10.0 Å². The third kappa shape index (κ3) is 3.68. The summed E-state index contributed by atoms with van der Waals surface area (Å²) in [6, 6.07) is 3.29. The van der Waals surface area contributed by atoms with Gasteiger partial charge in [-0.1, -0.05) is 0 Å². The molecular formula is C11H13NO7S. The number of carboxylic acid groups (broad SMARTS) is 1. The van der Waals surface area contributed by atoms with Gasteiger partial charge in [0.25, 0.3) is 0 Å². The maximum atomic E-state index is 12.0. The quantitative estimate of drug-likeness (QED) is 0.701. The molecule has 110 valence electrons. The van der Waals surface area contributed by atoms with E-state index in [1.807, 2.05) is 4.72 Å². The van der Waals surface area contributed by atoms with Crippen LogP contribution in [-0.2, 0) is 19.6 Å². The van der Waals surface area contributed by atoms with Crippen LogP contribution in [0.15, 0.2) is 23.1 Å². The fourth-order valence-electron chi connectivity index (χ4n) is 1.33. The average molecular weight is 303 g/mol. The fourth-order valence-corrected chi connectivity index (χ4v) is 2.44. The number of carboxylic acids is 1. The van der Waals surface area contributed by atoms with E-state index in [1.165, 1.54) is 7.11 Å². The largest absolute Gasteiger partial charge is 0.495 e. The van der Waals surface area contributed by atoms with Gasteiger partial charge in [0.05, 0.1) is 19.8 Å². The number of rotatable bonds is 6. The molecule has 0 aliphatic rings. The lowest BCUT2D eigenvalue weighted by Gasteiger charge is -2.10. The van der Waals surface area contributed by atoms with E-state index in [9.17, 15) is 18.0 Å². The first kappa shape index (κ1) is 15.9. The van der Waals surface area contributed by atoms with Crippen molar-refractivity contribution in [2.75, 3.05) is 20.8 Å². The number of benzene rings is 1. The summed E-state index contributed by atoms with van der Waals surface area (Å²) in [4.78, 5) is 21.5. The van der Waals surface area contributed by atoms with Gasteiger partial charge in [-0.25, -0.2) is 13.2 Å². The minimum Gasteiger partial charge on any atom is -0.495 e. The van der Waals surface area contributed by atoms with Crippen molar-refractivity contribution in [3.63, 3.8) is 0 Å². The van der Waals surface area contributed by atoms with Crippen molar-refractivity contribution in [2.24, 2.45) is 0 Å². The van der Waals surface area contributed by atoms with Crippen LogP contribution in [0.1, 0.15) is 10.4 Å². The van der Waals surface area contributed by atoms with Gasteiger partial charge in [-0.15, -0.1) is 0 Å². The molecule has 0 aliphatic carbocycles. The molecule has 0 saturated heterocycles. The van der Waals surface area contributed by atoms with Crippen molar-refractivity contribution in [3.05, 3.63) is 23.8 Å². The summed E-state index contributed by atoms with van der Waals surface area (Å²) < 4.78 is 35.1. The molecule has 0 spiro atoms. The van der Waals surface area contributed by atoms with Gasteiger partial charge in [0.15, 0.2) is 0 Å². The van der Waals surface area contributed by atoms with E-state index in [0.29, 0.717) is 0 Å². The first-order chi connectivity index (χ1) is 9.31. The van der Waals surface area contributed by atoms with Crippen molar-refractivity contribution in [1.82, 2.24) is 4.72 Å². The summed E-state index contributed by atoms with van der Waals surface area (Å²) in [7, 11) is -1.69. The van der Waals surface area contributed by atoms with E-state index in [-0.39, 0.29) is 16.2 Å². The molecule has 0 aromatic heterocycles. The molecule has 2 N–H and O–H groups in total. The summed E-state index contributed by atoms with van der Waals surface area (Å²) in [5, 5.41) is 8.82. The van der Waals surface area contributed by atoms with Gasteiger partial charge >= 0.3 is 11.9 Å². The molecule has 0 fully saturated rings. The zero-order valence-electron chi connectivity index (χ0n) is 10.7. The van der Waals surface area contributed by atoms with E-state index >= 15 is 0 Å². The highest BCUT2D eigenvalue weighted by atomic mass is 32.2. The number of methoxy groups -OCH3 is 2. The molecule has 0 bridgehead atoms. The first-order valence-electron chi connectivity index (χ1n) is 5.29. The Morgan fingerprint density at radius 1 is 1.30 bits per heavy atom. The van der Waals surface area contributed by atoms with Crippen molar-refractivity contribution in [3.8, 4) is 5.75 Å². The highest BCUT2D eigenvalue weighted by molar-refractivity contribution is 7.89. The number of ether oxygens (including phenoxy) is 2. The second-order valence-electron chi connectivity index (χ2n) is 3.57. The molecule has 1 aromatic rings. The Kier molecular flexibility index (Phi) is 5.06. The maximum absolute atomic E-state index is 12.0. The molecule has 9 heteroatoms. The van der Waals surface area contributed by atoms with Gasteiger partial charge in [-0.3, -0.25) is 4.79 Å². The maximum Gasteiger partial charge on any atom is 0.335 e. The van der Waals surface area contributed by atoms with Crippen molar-refractivity contribution in [1.29, 1.82) is 0 Å². The second-order valence-corrected chi connectivity index (χ2v) is 5.31. The number of nitrogens with one attached hydrogen (secondary N) is 1. The zero-order valence-corrected chi connectivity index (χ0v) is 11.6. The van der Waals surface area contributed by atoms with Crippen LogP contribution in [0.25, 0.3) is 0 Å². The second kappa shape index (κ2) is 6.35. The number of hydrogen-bond donors (Lipinski definition) is 2. The van der Waals surface area contributed by atoms with Crippen LogP contribution in [0.3, 0.4) is 0 Å². The van der Waals surface area contributed by atoms with Crippen LogP contribution < -0.4 is 9.46 Å². The standard InChI is InChI=1S/C11H13NO7S/c1-18-8-5-7(11(14)15)3-4-9(8)20(16,17)12-6-10(13)19-2/h3-5,12H,6H2,1-2H3,(H,14,15). The molecule has 0 radical (unpaired) electrons. The van der Waals surface area contributed by atoms with Crippen LogP contribution in [0.4, 0.5) is 0 Å². The highest BCUT2D eigenvalue weighted by Gasteiger charge is 2.21. The molecule has 0 atom stereocenters. The number of sulfonamides is 1. The lowest BCUT2D eigenvalue weighted by Crippen LogP contribution is -2.30. The molecule has 0 aliphatic heterocycles. The van der Waals surface area contributed by atoms with Crippen LogP contribution in [0.2, 0.25) is 0 Å². The molecule has 1 rings (SSSR count). The molecule has 8 nitrogen and oxygen atoms in total. The van der Waals surface area contributed by atoms with Crippen molar-refractivity contribution >= 4 is 22.0 Å². The fraction of sp³-hybridized carbons (Fsp3) is 0.273. The molecular weight excluding hydrogens is 290 g/mol. The van der Waals surface area contributed by atoms with Crippen molar-refractivity contribution in [2.45, 2.75) is 4.90 Å². The van der Waals surface area contributed by atoms with Crippen LogP contribution in [0, 0.1) is 0 Å². The number of hydrogen-bond acceptors (Lipinski definition) is 6. The van der Waals surface area contributed by atoms with E-state index < -0.39 is 28.5 Å². The van der Waals surface area contributed by atoms with Crippen molar-refractivity contribution < 1.29 is 32.6 Å². The smallest absolute Gasteiger partial charge is 0.335 e. The zero-order chi connectivity index (χ0) is 15.3. The van der Waals surface area contributed by atoms with Crippen LogP contribution in [0.5, 0.6) is 5.75 Å². The Morgan fingerprint density at radius 2 is 1.95 bits per heavy atom. The Labute approximate surface area is 115 Å². The minimum absolute atomic E-state index is 0.117. The van der Waals surface area contributed by atoms with E-state index in [4.69, 9.17) is 9.84 Å². The number of aromatic carboxylic acids is 1. The Bertz CT molecular complexity index is 624. The van der Waals surface area contributed by atoms with Gasteiger partial charge in [0, 0.05) is 0 Å². The summed E-state index contributed by atoms with van der Waals surface area (Å²) in [5.41, 5.74) is -0.117. The summed E-state index contributed by atoms with van der Waals surface area (Å²) >= 11 is 0. The lowest BCUT2D eigenvalue weighted by atomic mass is 10.2. The topological polar surface area (TPSA) is 119 Å². The Morgan fingerprint density at radius 3 is 2.45 bits per heavy atom. The predicted octanol–water partition coefficient (Wildman–Crippen LogP) is -0.155. The van der Waals surface area contributed by atoms with Gasteiger partial charge in [0.1, 0.15) is 17.2 Å². The lowest BCUT2D eigenvalue weighted by molar-refractivity contribution is -0.139. The molecule has 1 aromatic carbocycles. The summed E-state index contributed by atoms with van der Waals surface area (Å²) in [6.45, 7) is -0.539. The average Bonchev–Trinajstić information content (AvgIpc) is 2.43. The summed E-state index contributed by atoms with van der Waals surface area (Å²) in [5.74, 6) is -2.10. The number of esters is 1. The first-order valence-corrected chi connectivity index (χ1v) is 6.78. The monoisotopic (exact) mass is 303 g/mol. The SMILES string of the molecule is COC(=O)CNS(=O)(=O)c1ccc(C(=O)O)cc1OC. The normalized spacial score (nSPS) is 10.9. The Hall–Kier alpha value is -2.13. The van der Waals surface area contributed by atoms with E-state index in [1.54, 1.807) is 0 Å². The van der Waals surface area contributed by atoms with E-state index in [2.05, 4.69) is 4.74 Å². The van der Waals surface area contributed by atoms with Gasteiger partial charge in [-0.2, -0.15) is 4.72 Å². The summed E-state index contributed by atoms with van der Waals surface area (Å²) in [6.07, 6.45) is 0. The molecule has 0 amide bonds. The highest BCUT2D eigenvalue weighted by Crippen LogP contribution is 2.24. The molecule has 0 heterocycles. The van der Waals surface area contributed by atoms with Gasteiger partial charge in [-0.05, 0) is 18.2 Å². The third-order valence-electron chi connectivity index (χ3n) is 2.33. The number of carbonyl (C=O) groups is 2. The van der Waals surface area contributed by atoms with Gasteiger partial charge < -0.3 is 14.6 Å². The van der Waals surface area contributed by atoms with E-state index in [0.717, 1.165) is 25.3 Å². The third-order valence-corrected chi connectivity index (χ3v) is 3.77.